The van der Waals surface area contributed by atoms with E-state index >= 15 is 0 Å². The summed E-state index contributed by atoms with van der Waals surface area (Å²) in [4.78, 5) is 12.8. The zero-order chi connectivity index (χ0) is 13.1. The van der Waals surface area contributed by atoms with Gasteiger partial charge in [0.25, 0.3) is 5.69 Å². The van der Waals surface area contributed by atoms with Crippen molar-refractivity contribution in [2.24, 2.45) is 0 Å². The van der Waals surface area contributed by atoms with Gasteiger partial charge in [0.1, 0.15) is 5.69 Å². The number of hydrogen-bond donors (Lipinski definition) is 1. The molecule has 5 nitrogen and oxygen atoms in total. The first-order chi connectivity index (χ1) is 8.65. The summed E-state index contributed by atoms with van der Waals surface area (Å²) in [7, 11) is 0. The SMILES string of the molecule is CCN(c1c(Cl)cccc1[N+](=O)[O-])C1CCNC1. The van der Waals surface area contributed by atoms with Gasteiger partial charge in [-0.25, -0.2) is 0 Å². The Morgan fingerprint density at radius 3 is 2.94 bits per heavy atom. The Morgan fingerprint density at radius 2 is 2.39 bits per heavy atom. The van der Waals surface area contributed by atoms with Gasteiger partial charge < -0.3 is 10.2 Å². The molecule has 18 heavy (non-hydrogen) atoms. The first-order valence-electron chi connectivity index (χ1n) is 6.05. The summed E-state index contributed by atoms with van der Waals surface area (Å²) in [5, 5.41) is 14.8. The maximum atomic E-state index is 11.1. The first-order valence-corrected chi connectivity index (χ1v) is 6.43. The molecule has 1 aromatic carbocycles. The highest BCUT2D eigenvalue weighted by Gasteiger charge is 2.28. The van der Waals surface area contributed by atoms with Gasteiger partial charge in [0.15, 0.2) is 0 Å². The maximum absolute atomic E-state index is 11.1. The molecule has 0 aliphatic carbocycles. The first kappa shape index (κ1) is 13.1. The molecule has 1 aliphatic rings. The van der Waals surface area contributed by atoms with Crippen LogP contribution >= 0.6 is 11.6 Å². The Hall–Kier alpha value is -1.33. The van der Waals surface area contributed by atoms with Crippen molar-refractivity contribution in [3.63, 3.8) is 0 Å². The number of nitro benzene ring substituents is 1. The molecule has 1 fully saturated rings. The Labute approximate surface area is 111 Å². The van der Waals surface area contributed by atoms with Crippen LogP contribution in [0.5, 0.6) is 0 Å². The number of rotatable bonds is 4. The fourth-order valence-corrected chi connectivity index (χ4v) is 2.72. The van der Waals surface area contributed by atoms with Crippen LogP contribution < -0.4 is 10.2 Å². The molecule has 1 aromatic rings. The van der Waals surface area contributed by atoms with Crippen LogP contribution in [0.3, 0.4) is 0 Å². The number of para-hydroxylation sites is 1. The van der Waals surface area contributed by atoms with Crippen molar-refractivity contribution in [1.82, 2.24) is 5.32 Å². The molecule has 2 rings (SSSR count). The number of halogens is 1. The van der Waals surface area contributed by atoms with Crippen molar-refractivity contribution in [3.8, 4) is 0 Å². The number of benzene rings is 1. The molecule has 0 bridgehead atoms. The summed E-state index contributed by atoms with van der Waals surface area (Å²) < 4.78 is 0. The van der Waals surface area contributed by atoms with Crippen LogP contribution in [0.25, 0.3) is 0 Å². The van der Waals surface area contributed by atoms with Gasteiger partial charge in [-0.15, -0.1) is 0 Å². The smallest absolute Gasteiger partial charge is 0.294 e. The second-order valence-electron chi connectivity index (χ2n) is 4.30. The largest absolute Gasteiger partial charge is 0.361 e. The standard InChI is InChI=1S/C12H16ClN3O2/c1-2-15(9-6-7-14-8-9)12-10(13)4-3-5-11(12)16(17)18/h3-5,9,14H,2,6-8H2,1H3. The lowest BCUT2D eigenvalue weighted by molar-refractivity contribution is -0.384. The van der Waals surface area contributed by atoms with Crippen LogP contribution in [0, 0.1) is 10.1 Å². The molecule has 1 N–H and O–H groups in total. The van der Waals surface area contributed by atoms with Gasteiger partial charge in [0.05, 0.1) is 9.95 Å². The summed E-state index contributed by atoms with van der Waals surface area (Å²) in [5.41, 5.74) is 0.622. The number of nitrogens with one attached hydrogen (secondary N) is 1. The van der Waals surface area contributed by atoms with Crippen LogP contribution in [0.2, 0.25) is 5.02 Å². The summed E-state index contributed by atoms with van der Waals surface area (Å²) >= 11 is 6.16. The average Bonchev–Trinajstić information content (AvgIpc) is 2.85. The minimum Gasteiger partial charge on any atom is -0.361 e. The molecular weight excluding hydrogens is 254 g/mol. The Bertz CT molecular complexity index is 447. The van der Waals surface area contributed by atoms with E-state index in [1.807, 2.05) is 11.8 Å². The van der Waals surface area contributed by atoms with Crippen LogP contribution in [-0.2, 0) is 0 Å². The lowest BCUT2D eigenvalue weighted by atomic mass is 10.1. The van der Waals surface area contributed by atoms with Gasteiger partial charge in [-0.3, -0.25) is 10.1 Å². The van der Waals surface area contributed by atoms with Gasteiger partial charge in [-0.05, 0) is 26.0 Å². The number of likely N-dealkylation sites (N-methyl/N-ethyl adjacent to an activating group) is 1. The average molecular weight is 270 g/mol. The quantitative estimate of drug-likeness (QED) is 0.674. The van der Waals surface area contributed by atoms with Crippen molar-refractivity contribution in [1.29, 1.82) is 0 Å². The molecule has 98 valence electrons. The molecule has 0 saturated carbocycles. The predicted molar refractivity (Wildman–Crippen MR) is 72.4 cm³/mol. The third-order valence-electron chi connectivity index (χ3n) is 3.27. The monoisotopic (exact) mass is 269 g/mol. The Kier molecular flexibility index (Phi) is 4.04. The number of anilines is 1. The van der Waals surface area contributed by atoms with Crippen LogP contribution in [0.1, 0.15) is 13.3 Å². The third kappa shape index (κ3) is 2.42. The van der Waals surface area contributed by atoms with E-state index in [4.69, 9.17) is 11.6 Å². The molecule has 0 spiro atoms. The minimum absolute atomic E-state index is 0.0799. The van der Waals surface area contributed by atoms with E-state index in [1.165, 1.54) is 6.07 Å². The third-order valence-corrected chi connectivity index (χ3v) is 3.57. The molecule has 0 amide bonds. The Balaban J connectivity index is 2.43. The number of hydrogen-bond acceptors (Lipinski definition) is 4. The summed E-state index contributed by atoms with van der Waals surface area (Å²) in [5.74, 6) is 0. The molecular formula is C12H16ClN3O2. The van der Waals surface area contributed by atoms with E-state index in [0.29, 0.717) is 17.3 Å². The molecule has 0 radical (unpaired) electrons. The topological polar surface area (TPSA) is 58.4 Å². The van der Waals surface area contributed by atoms with E-state index in [-0.39, 0.29) is 16.7 Å². The fraction of sp³-hybridized carbons (Fsp3) is 0.500. The Morgan fingerprint density at radius 1 is 1.61 bits per heavy atom. The van der Waals surface area contributed by atoms with Gasteiger partial charge >= 0.3 is 0 Å². The van der Waals surface area contributed by atoms with Gasteiger partial charge in [0.2, 0.25) is 0 Å². The molecule has 1 saturated heterocycles. The highest BCUT2D eigenvalue weighted by atomic mass is 35.5. The maximum Gasteiger partial charge on any atom is 0.294 e. The van der Waals surface area contributed by atoms with E-state index in [2.05, 4.69) is 5.32 Å². The highest BCUT2D eigenvalue weighted by molar-refractivity contribution is 6.33. The molecule has 0 aromatic heterocycles. The zero-order valence-corrected chi connectivity index (χ0v) is 11.0. The van der Waals surface area contributed by atoms with Crippen LogP contribution in [-0.4, -0.2) is 30.6 Å². The number of nitro groups is 1. The normalized spacial score (nSPS) is 18.9. The van der Waals surface area contributed by atoms with E-state index < -0.39 is 0 Å². The molecule has 1 heterocycles. The zero-order valence-electron chi connectivity index (χ0n) is 10.2. The summed E-state index contributed by atoms with van der Waals surface area (Å²) in [6, 6.07) is 5.10. The second kappa shape index (κ2) is 5.54. The van der Waals surface area contributed by atoms with E-state index in [9.17, 15) is 10.1 Å². The van der Waals surface area contributed by atoms with Gasteiger partial charge in [0, 0.05) is 25.2 Å². The summed E-state index contributed by atoms with van der Waals surface area (Å²) in [6.45, 7) is 4.48. The van der Waals surface area contributed by atoms with Crippen molar-refractivity contribution in [2.75, 3.05) is 24.5 Å². The minimum atomic E-state index is -0.369. The van der Waals surface area contributed by atoms with Crippen LogP contribution in [0.4, 0.5) is 11.4 Å². The highest BCUT2D eigenvalue weighted by Crippen LogP contribution is 2.37. The lowest BCUT2D eigenvalue weighted by Crippen LogP contribution is -2.37. The lowest BCUT2D eigenvalue weighted by Gasteiger charge is -2.29. The van der Waals surface area contributed by atoms with Crippen LogP contribution in [0.15, 0.2) is 18.2 Å². The molecule has 1 aliphatic heterocycles. The van der Waals surface area contributed by atoms with Gasteiger partial charge in [-0.1, -0.05) is 17.7 Å². The predicted octanol–water partition coefficient (Wildman–Crippen LogP) is 2.44. The van der Waals surface area contributed by atoms with Gasteiger partial charge in [-0.2, -0.15) is 0 Å². The van der Waals surface area contributed by atoms with Crippen molar-refractivity contribution < 1.29 is 4.92 Å². The fourth-order valence-electron chi connectivity index (χ4n) is 2.44. The van der Waals surface area contributed by atoms with Crippen molar-refractivity contribution in [2.45, 2.75) is 19.4 Å². The second-order valence-corrected chi connectivity index (χ2v) is 4.70. The van der Waals surface area contributed by atoms with E-state index in [0.717, 1.165) is 19.5 Å². The number of nitrogens with zero attached hydrogens (tertiary/aromatic N) is 2. The van der Waals surface area contributed by atoms with Crippen molar-refractivity contribution in [3.05, 3.63) is 33.3 Å². The van der Waals surface area contributed by atoms with Crippen molar-refractivity contribution >= 4 is 23.0 Å². The molecule has 1 atom stereocenters. The summed E-state index contributed by atoms with van der Waals surface area (Å²) in [6.07, 6.45) is 0.982. The van der Waals surface area contributed by atoms with E-state index in [1.54, 1.807) is 12.1 Å². The molecule has 6 heteroatoms. The molecule has 1 unspecified atom stereocenters.